The Labute approximate surface area is 106 Å². The van der Waals surface area contributed by atoms with E-state index in [0.29, 0.717) is 12.3 Å². The SMILES string of the molecule is CCOC(=O)c1cc2c(C)c(N)ccc2[nH]1.Cl. The van der Waals surface area contributed by atoms with Gasteiger partial charge in [-0.05, 0) is 37.6 Å². The lowest BCUT2D eigenvalue weighted by molar-refractivity contribution is 0.0520. The molecule has 0 saturated heterocycles. The molecule has 1 aromatic heterocycles. The van der Waals surface area contributed by atoms with Gasteiger partial charge in [0.15, 0.2) is 0 Å². The van der Waals surface area contributed by atoms with Crippen molar-refractivity contribution in [2.45, 2.75) is 13.8 Å². The van der Waals surface area contributed by atoms with E-state index in [4.69, 9.17) is 10.5 Å². The van der Waals surface area contributed by atoms with Crippen LogP contribution in [0.2, 0.25) is 0 Å². The van der Waals surface area contributed by atoms with Crippen molar-refractivity contribution in [2.75, 3.05) is 12.3 Å². The van der Waals surface area contributed by atoms with Crippen molar-refractivity contribution < 1.29 is 9.53 Å². The number of halogens is 1. The Morgan fingerprint density at radius 3 is 2.82 bits per heavy atom. The number of hydrogen-bond acceptors (Lipinski definition) is 3. The smallest absolute Gasteiger partial charge is 0.354 e. The van der Waals surface area contributed by atoms with Crippen LogP contribution < -0.4 is 5.73 Å². The maximum absolute atomic E-state index is 11.5. The second-order valence-corrected chi connectivity index (χ2v) is 3.64. The number of carbonyl (C=O) groups excluding carboxylic acids is 1. The molecule has 2 rings (SSSR count). The number of aromatic nitrogens is 1. The number of anilines is 1. The Balaban J connectivity index is 0.00000144. The van der Waals surface area contributed by atoms with Gasteiger partial charge in [-0.25, -0.2) is 4.79 Å². The first-order valence-corrected chi connectivity index (χ1v) is 5.18. The molecule has 0 fully saturated rings. The van der Waals surface area contributed by atoms with E-state index in [0.717, 1.165) is 22.2 Å². The Bertz CT molecular complexity index is 549. The van der Waals surface area contributed by atoms with Crippen molar-refractivity contribution in [1.82, 2.24) is 4.98 Å². The molecule has 0 saturated carbocycles. The van der Waals surface area contributed by atoms with E-state index < -0.39 is 0 Å². The molecular formula is C12H15ClN2O2. The highest BCUT2D eigenvalue weighted by molar-refractivity contribution is 5.97. The minimum Gasteiger partial charge on any atom is -0.461 e. The number of rotatable bonds is 2. The van der Waals surface area contributed by atoms with E-state index >= 15 is 0 Å². The van der Waals surface area contributed by atoms with Crippen LogP contribution in [0.15, 0.2) is 18.2 Å². The number of aromatic amines is 1. The number of ether oxygens (including phenoxy) is 1. The van der Waals surface area contributed by atoms with Gasteiger partial charge in [0.25, 0.3) is 0 Å². The monoisotopic (exact) mass is 254 g/mol. The Morgan fingerprint density at radius 1 is 1.47 bits per heavy atom. The molecule has 0 spiro atoms. The number of benzene rings is 1. The van der Waals surface area contributed by atoms with Crippen LogP contribution in [0, 0.1) is 6.92 Å². The Kier molecular flexibility index (Phi) is 4.02. The summed E-state index contributed by atoms with van der Waals surface area (Å²) in [5.41, 5.74) is 8.86. The zero-order valence-corrected chi connectivity index (χ0v) is 10.6. The van der Waals surface area contributed by atoms with E-state index in [1.807, 2.05) is 19.1 Å². The van der Waals surface area contributed by atoms with Gasteiger partial charge in [-0.3, -0.25) is 0 Å². The highest BCUT2D eigenvalue weighted by Gasteiger charge is 2.11. The Hall–Kier alpha value is -1.68. The van der Waals surface area contributed by atoms with Crippen LogP contribution >= 0.6 is 12.4 Å². The van der Waals surface area contributed by atoms with E-state index in [2.05, 4.69) is 4.98 Å². The molecule has 0 unspecified atom stereocenters. The first-order chi connectivity index (χ1) is 7.63. The van der Waals surface area contributed by atoms with Crippen LogP contribution in [0.3, 0.4) is 0 Å². The molecule has 0 bridgehead atoms. The number of hydrogen-bond donors (Lipinski definition) is 2. The molecule has 0 atom stereocenters. The van der Waals surface area contributed by atoms with Crippen LogP contribution in [0.25, 0.3) is 10.9 Å². The highest BCUT2D eigenvalue weighted by atomic mass is 35.5. The summed E-state index contributed by atoms with van der Waals surface area (Å²) in [5.74, 6) is -0.336. The van der Waals surface area contributed by atoms with Crippen molar-refractivity contribution in [3.63, 3.8) is 0 Å². The van der Waals surface area contributed by atoms with Gasteiger partial charge in [-0.1, -0.05) is 0 Å². The molecule has 0 aliphatic heterocycles. The second-order valence-electron chi connectivity index (χ2n) is 3.64. The fourth-order valence-corrected chi connectivity index (χ4v) is 1.68. The molecule has 0 radical (unpaired) electrons. The Morgan fingerprint density at radius 2 is 2.18 bits per heavy atom. The number of nitrogens with one attached hydrogen (secondary N) is 1. The highest BCUT2D eigenvalue weighted by Crippen LogP contribution is 2.24. The number of H-pyrrole nitrogens is 1. The lowest BCUT2D eigenvalue weighted by Gasteiger charge is -1.99. The average Bonchev–Trinajstić information content (AvgIpc) is 2.69. The summed E-state index contributed by atoms with van der Waals surface area (Å²) in [4.78, 5) is 14.5. The molecule has 2 aromatic rings. The molecule has 3 N–H and O–H groups in total. The number of nitrogens with two attached hydrogens (primary N) is 1. The summed E-state index contributed by atoms with van der Waals surface area (Å²) in [6.07, 6.45) is 0. The predicted octanol–water partition coefficient (Wildman–Crippen LogP) is 2.66. The molecule has 92 valence electrons. The third-order valence-electron chi connectivity index (χ3n) is 2.61. The van der Waals surface area contributed by atoms with Gasteiger partial charge < -0.3 is 15.5 Å². The van der Waals surface area contributed by atoms with Gasteiger partial charge in [0, 0.05) is 16.6 Å². The number of carbonyl (C=O) groups is 1. The van der Waals surface area contributed by atoms with Gasteiger partial charge in [0.2, 0.25) is 0 Å². The van der Waals surface area contributed by atoms with Crippen LogP contribution in [-0.2, 0) is 4.74 Å². The number of fused-ring (bicyclic) bond motifs is 1. The molecular weight excluding hydrogens is 240 g/mol. The minimum atomic E-state index is -0.336. The summed E-state index contributed by atoms with van der Waals surface area (Å²) in [5, 5.41) is 0.961. The van der Waals surface area contributed by atoms with E-state index in [-0.39, 0.29) is 18.4 Å². The zero-order chi connectivity index (χ0) is 11.7. The van der Waals surface area contributed by atoms with E-state index in [1.54, 1.807) is 13.0 Å². The van der Waals surface area contributed by atoms with Gasteiger partial charge in [0.05, 0.1) is 6.61 Å². The number of nitrogen functional groups attached to an aromatic ring is 1. The molecule has 1 aromatic carbocycles. The van der Waals surface area contributed by atoms with Crippen LogP contribution in [0.1, 0.15) is 23.0 Å². The van der Waals surface area contributed by atoms with Gasteiger partial charge >= 0.3 is 5.97 Å². The van der Waals surface area contributed by atoms with Crippen molar-refractivity contribution in [1.29, 1.82) is 0 Å². The van der Waals surface area contributed by atoms with E-state index in [1.165, 1.54) is 0 Å². The van der Waals surface area contributed by atoms with E-state index in [9.17, 15) is 4.79 Å². The summed E-state index contributed by atoms with van der Waals surface area (Å²) in [7, 11) is 0. The summed E-state index contributed by atoms with van der Waals surface area (Å²) in [6, 6.07) is 5.46. The fourth-order valence-electron chi connectivity index (χ4n) is 1.68. The zero-order valence-electron chi connectivity index (χ0n) is 9.74. The fraction of sp³-hybridized carbons (Fsp3) is 0.250. The largest absolute Gasteiger partial charge is 0.461 e. The van der Waals surface area contributed by atoms with Gasteiger partial charge in [-0.2, -0.15) is 0 Å². The van der Waals surface area contributed by atoms with Gasteiger partial charge in [0.1, 0.15) is 5.69 Å². The number of esters is 1. The van der Waals surface area contributed by atoms with Crippen LogP contribution in [0.5, 0.6) is 0 Å². The van der Waals surface area contributed by atoms with Crippen molar-refractivity contribution >= 4 is 35.0 Å². The van der Waals surface area contributed by atoms with Crippen molar-refractivity contribution in [3.8, 4) is 0 Å². The quantitative estimate of drug-likeness (QED) is 0.640. The second kappa shape index (κ2) is 5.10. The lowest BCUT2D eigenvalue weighted by atomic mass is 10.1. The van der Waals surface area contributed by atoms with Crippen LogP contribution in [0.4, 0.5) is 5.69 Å². The minimum absolute atomic E-state index is 0. The molecule has 1 heterocycles. The summed E-state index contributed by atoms with van der Waals surface area (Å²) < 4.78 is 4.93. The van der Waals surface area contributed by atoms with Gasteiger partial charge in [-0.15, -0.1) is 12.4 Å². The summed E-state index contributed by atoms with van der Waals surface area (Å²) >= 11 is 0. The molecule has 0 aliphatic rings. The molecule has 4 nitrogen and oxygen atoms in total. The third kappa shape index (κ3) is 2.36. The molecule has 17 heavy (non-hydrogen) atoms. The molecule has 0 amide bonds. The topological polar surface area (TPSA) is 68.1 Å². The molecule has 5 heteroatoms. The summed E-state index contributed by atoms with van der Waals surface area (Å²) in [6.45, 7) is 4.08. The average molecular weight is 255 g/mol. The first-order valence-electron chi connectivity index (χ1n) is 5.18. The van der Waals surface area contributed by atoms with Crippen molar-refractivity contribution in [2.24, 2.45) is 0 Å². The van der Waals surface area contributed by atoms with Crippen LogP contribution in [-0.4, -0.2) is 17.6 Å². The maximum Gasteiger partial charge on any atom is 0.354 e. The standard InChI is InChI=1S/C12H14N2O2.ClH/c1-3-16-12(15)11-6-8-7(2)9(13)4-5-10(8)14-11;/h4-6,14H,3,13H2,1-2H3;1H. The normalized spacial score (nSPS) is 10.0. The third-order valence-corrected chi connectivity index (χ3v) is 2.61. The van der Waals surface area contributed by atoms with Crippen molar-refractivity contribution in [3.05, 3.63) is 29.5 Å². The first kappa shape index (κ1) is 13.4. The number of aryl methyl sites for hydroxylation is 1. The maximum atomic E-state index is 11.5. The predicted molar refractivity (Wildman–Crippen MR) is 70.7 cm³/mol. The lowest BCUT2D eigenvalue weighted by Crippen LogP contribution is -2.04. The molecule has 0 aliphatic carbocycles.